The van der Waals surface area contributed by atoms with Crippen LogP contribution in [0.5, 0.6) is 0 Å². The molecule has 1 aromatic rings. The third-order valence-electron chi connectivity index (χ3n) is 4.39. The first-order valence-corrected chi connectivity index (χ1v) is 11.2. The number of rotatable bonds is 4. The number of carboxylic acid groups (broad SMARTS) is 1. The summed E-state index contributed by atoms with van der Waals surface area (Å²) in [7, 11) is 0. The number of nitrogens with zero attached hydrogens (tertiary/aromatic N) is 3. The predicted octanol–water partition coefficient (Wildman–Crippen LogP) is 3.00. The van der Waals surface area contributed by atoms with Gasteiger partial charge in [0.15, 0.2) is 5.82 Å². The van der Waals surface area contributed by atoms with Gasteiger partial charge in [-0.15, -0.1) is 0 Å². The van der Waals surface area contributed by atoms with Crippen LogP contribution in [0.3, 0.4) is 0 Å². The molecule has 6 nitrogen and oxygen atoms in total. The molecule has 1 aromatic heterocycles. The molecule has 0 spiro atoms. The van der Waals surface area contributed by atoms with Crippen LogP contribution in [-0.4, -0.2) is 68.8 Å². The molecule has 2 aliphatic rings. The Morgan fingerprint density at radius 2 is 2.04 bits per heavy atom. The van der Waals surface area contributed by atoms with Crippen LogP contribution in [0.1, 0.15) is 44.3 Å². The zero-order valence-electron chi connectivity index (χ0n) is 15.1. The minimum atomic E-state index is -0.250. The van der Waals surface area contributed by atoms with E-state index in [1.165, 1.54) is 42.4 Å². The van der Waals surface area contributed by atoms with Crippen molar-refractivity contribution in [2.75, 3.05) is 36.1 Å². The number of carbonyl (C=O) groups is 1. The second-order valence-corrected chi connectivity index (χ2v) is 9.19. The van der Waals surface area contributed by atoms with E-state index in [0.29, 0.717) is 11.8 Å². The second-order valence-electron chi connectivity index (χ2n) is 6.89. The van der Waals surface area contributed by atoms with Crippen LogP contribution in [0, 0.1) is 5.92 Å². The van der Waals surface area contributed by atoms with E-state index >= 15 is 0 Å². The van der Waals surface area contributed by atoms with Gasteiger partial charge in [0, 0.05) is 42.0 Å². The summed E-state index contributed by atoms with van der Waals surface area (Å²) in [6, 6.07) is 0.721. The van der Waals surface area contributed by atoms with E-state index in [2.05, 4.69) is 52.4 Å². The van der Waals surface area contributed by atoms with Gasteiger partial charge in [-0.3, -0.25) is 9.69 Å². The summed E-state index contributed by atoms with van der Waals surface area (Å²) in [5, 5.41) is 11.1. The van der Waals surface area contributed by atoms with E-state index in [1.807, 2.05) is 0 Å². The van der Waals surface area contributed by atoms with Gasteiger partial charge in [0.25, 0.3) is 6.47 Å². The van der Waals surface area contributed by atoms with Gasteiger partial charge in [-0.1, -0.05) is 19.0 Å². The Bertz CT molecular complexity index is 505. The van der Waals surface area contributed by atoms with Gasteiger partial charge in [-0.05, 0) is 25.3 Å². The highest BCUT2D eigenvalue weighted by Gasteiger charge is 2.30. The molecule has 0 amide bonds. The quantitative estimate of drug-likeness (QED) is 0.790. The van der Waals surface area contributed by atoms with Gasteiger partial charge in [0.1, 0.15) is 0 Å². The number of piperidine rings is 1. The highest BCUT2D eigenvalue weighted by molar-refractivity contribution is 8.03. The zero-order chi connectivity index (χ0) is 18.1. The number of hydrogen-bond donors (Lipinski definition) is 1. The van der Waals surface area contributed by atoms with Crippen LogP contribution in [0.4, 0.5) is 0 Å². The molecule has 2 saturated heterocycles. The summed E-state index contributed by atoms with van der Waals surface area (Å²) < 4.78 is 5.57. The van der Waals surface area contributed by atoms with Gasteiger partial charge < -0.3 is 9.63 Å². The molecule has 3 rings (SSSR count). The fraction of sp³-hybridized carbons (Fsp3) is 0.824. The van der Waals surface area contributed by atoms with Crippen molar-refractivity contribution < 1.29 is 14.4 Å². The summed E-state index contributed by atoms with van der Waals surface area (Å²) in [6.07, 6.45) is 3.35. The summed E-state index contributed by atoms with van der Waals surface area (Å²) >= 11 is 4.22. The molecular formula is C17H29N3O3S2. The van der Waals surface area contributed by atoms with Crippen molar-refractivity contribution in [3.05, 3.63) is 11.7 Å². The Morgan fingerprint density at radius 3 is 2.68 bits per heavy atom. The van der Waals surface area contributed by atoms with Crippen LogP contribution in [0.15, 0.2) is 4.52 Å². The van der Waals surface area contributed by atoms with Crippen LogP contribution in [0.2, 0.25) is 0 Å². The Labute approximate surface area is 158 Å². The largest absolute Gasteiger partial charge is 0.483 e. The Morgan fingerprint density at radius 1 is 1.36 bits per heavy atom. The van der Waals surface area contributed by atoms with Crippen molar-refractivity contribution in [3.8, 4) is 0 Å². The summed E-state index contributed by atoms with van der Waals surface area (Å²) in [5.41, 5.74) is 0. The molecule has 2 aliphatic heterocycles. The lowest BCUT2D eigenvalue weighted by Gasteiger charge is -2.36. The number of hydrogen-bond acceptors (Lipinski definition) is 7. The second kappa shape index (κ2) is 11.1. The first-order valence-electron chi connectivity index (χ1n) is 8.93. The van der Waals surface area contributed by atoms with E-state index < -0.39 is 0 Å². The number of thioether (sulfide) groups is 2. The topological polar surface area (TPSA) is 79.5 Å². The molecule has 0 aromatic carbocycles. The van der Waals surface area contributed by atoms with Gasteiger partial charge in [0.05, 0.1) is 5.92 Å². The molecular weight excluding hydrogens is 358 g/mol. The van der Waals surface area contributed by atoms with Crippen LogP contribution in [-0.2, 0) is 11.2 Å². The lowest BCUT2D eigenvalue weighted by atomic mass is 9.97. The standard InChI is InChI=1S/C16H27N3OS2.CH2O2/c1-12(2)8-15-17-16(20-18-15)13-4-3-5-19(9-13)14-10-21-6-7-22-11-14;2-1-3/h12-14H,3-11H2,1-2H3;1H,(H,2,3). The molecule has 1 N–H and O–H groups in total. The van der Waals surface area contributed by atoms with Gasteiger partial charge in [0.2, 0.25) is 5.89 Å². The fourth-order valence-electron chi connectivity index (χ4n) is 3.24. The molecule has 25 heavy (non-hydrogen) atoms. The van der Waals surface area contributed by atoms with Crippen molar-refractivity contribution in [1.82, 2.24) is 15.0 Å². The molecule has 0 aliphatic carbocycles. The Kier molecular flexibility index (Phi) is 9.12. The van der Waals surface area contributed by atoms with Crippen molar-refractivity contribution in [2.24, 2.45) is 5.92 Å². The van der Waals surface area contributed by atoms with E-state index in [9.17, 15) is 0 Å². The lowest BCUT2D eigenvalue weighted by molar-refractivity contribution is -0.122. The monoisotopic (exact) mass is 387 g/mol. The predicted molar refractivity (Wildman–Crippen MR) is 104 cm³/mol. The number of aromatic nitrogens is 2. The van der Waals surface area contributed by atoms with Crippen molar-refractivity contribution in [2.45, 2.75) is 45.1 Å². The number of likely N-dealkylation sites (tertiary alicyclic amines) is 1. The van der Waals surface area contributed by atoms with Crippen molar-refractivity contribution in [1.29, 1.82) is 0 Å². The minimum absolute atomic E-state index is 0.250. The SMILES string of the molecule is CC(C)Cc1noc(C2CCCN(C3CSCCSC3)C2)n1.O=CO. The molecule has 2 fully saturated rings. The summed E-state index contributed by atoms with van der Waals surface area (Å²) in [4.78, 5) is 15.7. The third kappa shape index (κ3) is 6.83. The molecule has 0 radical (unpaired) electrons. The maximum absolute atomic E-state index is 8.36. The van der Waals surface area contributed by atoms with Crippen molar-refractivity contribution in [3.63, 3.8) is 0 Å². The maximum Gasteiger partial charge on any atom is 0.290 e. The Hall–Kier alpha value is -0.730. The summed E-state index contributed by atoms with van der Waals surface area (Å²) in [6.45, 7) is 6.46. The summed E-state index contributed by atoms with van der Waals surface area (Å²) in [5.74, 6) is 7.93. The molecule has 0 saturated carbocycles. The van der Waals surface area contributed by atoms with E-state index in [-0.39, 0.29) is 6.47 Å². The average Bonchev–Trinajstić information content (AvgIpc) is 2.88. The maximum atomic E-state index is 8.36. The molecule has 142 valence electrons. The van der Waals surface area contributed by atoms with Crippen LogP contribution >= 0.6 is 23.5 Å². The normalized spacial score (nSPS) is 22.9. The van der Waals surface area contributed by atoms with Crippen LogP contribution in [0.25, 0.3) is 0 Å². The highest BCUT2D eigenvalue weighted by Crippen LogP contribution is 2.29. The van der Waals surface area contributed by atoms with Gasteiger partial charge >= 0.3 is 0 Å². The average molecular weight is 388 g/mol. The van der Waals surface area contributed by atoms with E-state index in [0.717, 1.165) is 30.7 Å². The highest BCUT2D eigenvalue weighted by atomic mass is 32.2. The van der Waals surface area contributed by atoms with Gasteiger partial charge in [-0.2, -0.15) is 28.5 Å². The van der Waals surface area contributed by atoms with E-state index in [4.69, 9.17) is 14.4 Å². The molecule has 1 atom stereocenters. The minimum Gasteiger partial charge on any atom is -0.483 e. The third-order valence-corrected chi connectivity index (χ3v) is 6.87. The molecule has 8 heteroatoms. The van der Waals surface area contributed by atoms with Crippen LogP contribution < -0.4 is 0 Å². The fourth-order valence-corrected chi connectivity index (χ4v) is 5.86. The smallest absolute Gasteiger partial charge is 0.290 e. The molecule has 0 bridgehead atoms. The first kappa shape index (κ1) is 20.6. The van der Waals surface area contributed by atoms with Gasteiger partial charge in [-0.25, -0.2) is 0 Å². The zero-order valence-corrected chi connectivity index (χ0v) is 16.7. The molecule has 1 unspecified atom stereocenters. The van der Waals surface area contributed by atoms with Crippen molar-refractivity contribution >= 4 is 30.0 Å². The first-order chi connectivity index (χ1) is 12.1. The van der Waals surface area contributed by atoms with E-state index in [1.54, 1.807) is 0 Å². The lowest BCUT2D eigenvalue weighted by Crippen LogP contribution is -2.44. The molecule has 3 heterocycles. The Balaban J connectivity index is 0.000000701.